The summed E-state index contributed by atoms with van der Waals surface area (Å²) in [6.45, 7) is 7.01. The van der Waals surface area contributed by atoms with Gasteiger partial charge < -0.3 is 10.3 Å². The Labute approximate surface area is 142 Å². The van der Waals surface area contributed by atoms with Crippen LogP contribution in [0, 0.1) is 0 Å². The molecule has 1 amide bonds. The first kappa shape index (κ1) is 18.2. The average Bonchev–Trinajstić information content (AvgIpc) is 2.97. The monoisotopic (exact) mass is 349 g/mol. The quantitative estimate of drug-likeness (QED) is 0.868. The Morgan fingerprint density at radius 3 is 2.33 bits per heavy atom. The molecule has 0 fully saturated rings. The molecule has 0 saturated heterocycles. The number of rotatable bonds is 5. The van der Waals surface area contributed by atoms with Crippen molar-refractivity contribution in [3.63, 3.8) is 0 Å². The van der Waals surface area contributed by atoms with E-state index in [9.17, 15) is 13.2 Å². The van der Waals surface area contributed by atoms with E-state index in [1.165, 1.54) is 6.20 Å². The van der Waals surface area contributed by atoms with Crippen LogP contribution in [0.25, 0.3) is 0 Å². The van der Waals surface area contributed by atoms with Gasteiger partial charge in [-0.1, -0.05) is 19.1 Å². The zero-order valence-electron chi connectivity index (χ0n) is 14.4. The van der Waals surface area contributed by atoms with Crippen molar-refractivity contribution in [2.45, 2.75) is 44.6 Å². The van der Waals surface area contributed by atoms with E-state index in [2.05, 4.69) is 15.3 Å². The van der Waals surface area contributed by atoms with E-state index in [-0.39, 0.29) is 11.7 Å². The number of amides is 1. The minimum Gasteiger partial charge on any atom is -0.338 e. The van der Waals surface area contributed by atoms with Crippen LogP contribution >= 0.6 is 0 Å². The maximum atomic E-state index is 12.2. The average molecular weight is 349 g/mol. The maximum absolute atomic E-state index is 12.2. The first-order valence-corrected chi connectivity index (χ1v) is 9.44. The summed E-state index contributed by atoms with van der Waals surface area (Å²) in [6.07, 6.45) is 2.22. The van der Waals surface area contributed by atoms with E-state index < -0.39 is 14.6 Å². The molecule has 130 valence electrons. The topological polar surface area (TPSA) is 91.9 Å². The fourth-order valence-electron chi connectivity index (χ4n) is 1.98. The molecule has 0 bridgehead atoms. The summed E-state index contributed by atoms with van der Waals surface area (Å²) in [7, 11) is -3.23. The Morgan fingerprint density at radius 1 is 1.21 bits per heavy atom. The van der Waals surface area contributed by atoms with E-state index >= 15 is 0 Å². The van der Waals surface area contributed by atoms with E-state index in [1.807, 2.05) is 6.92 Å². The molecule has 0 unspecified atom stereocenters. The lowest BCUT2D eigenvalue weighted by molar-refractivity contribution is 0.102. The highest BCUT2D eigenvalue weighted by Crippen LogP contribution is 2.21. The molecule has 2 N–H and O–H groups in total. The highest BCUT2D eigenvalue weighted by atomic mass is 32.2. The largest absolute Gasteiger partial charge is 0.338 e. The number of benzene rings is 1. The van der Waals surface area contributed by atoms with Crippen molar-refractivity contribution in [3.05, 3.63) is 47.5 Å². The molecule has 2 rings (SSSR count). The fraction of sp³-hybridized carbons (Fsp3) is 0.412. The summed E-state index contributed by atoms with van der Waals surface area (Å²) in [5.74, 6) is 0.450. The predicted molar refractivity (Wildman–Crippen MR) is 94.7 cm³/mol. The van der Waals surface area contributed by atoms with Crippen LogP contribution in [0.2, 0.25) is 0 Å². The van der Waals surface area contributed by atoms with Gasteiger partial charge in [0, 0.05) is 12.1 Å². The van der Waals surface area contributed by atoms with Crippen molar-refractivity contribution < 1.29 is 13.2 Å². The lowest BCUT2D eigenvalue weighted by Gasteiger charge is -2.19. The number of nitrogens with one attached hydrogen (secondary N) is 2. The van der Waals surface area contributed by atoms with Gasteiger partial charge in [-0.25, -0.2) is 13.4 Å². The molecule has 1 heterocycles. The van der Waals surface area contributed by atoms with Crippen LogP contribution < -0.4 is 5.32 Å². The SMILES string of the molecule is CCc1ncc(C(=O)Nc2ccc(CS(=O)(=O)C(C)(C)C)cc2)[nH]1. The van der Waals surface area contributed by atoms with E-state index in [0.29, 0.717) is 16.9 Å². The third-order valence-electron chi connectivity index (χ3n) is 3.71. The van der Waals surface area contributed by atoms with Gasteiger partial charge in [0.25, 0.3) is 5.91 Å². The minimum atomic E-state index is -3.23. The Bertz CT molecular complexity index is 816. The Hall–Kier alpha value is -2.15. The van der Waals surface area contributed by atoms with Crippen LogP contribution in [0.3, 0.4) is 0 Å². The summed E-state index contributed by atoms with van der Waals surface area (Å²) in [6, 6.07) is 6.82. The second-order valence-electron chi connectivity index (χ2n) is 6.62. The summed E-state index contributed by atoms with van der Waals surface area (Å²) >= 11 is 0. The Morgan fingerprint density at radius 2 is 1.83 bits per heavy atom. The van der Waals surface area contributed by atoms with E-state index in [0.717, 1.165) is 12.2 Å². The molecule has 0 aliphatic carbocycles. The number of sulfone groups is 1. The van der Waals surface area contributed by atoms with Gasteiger partial charge in [-0.15, -0.1) is 0 Å². The molecule has 1 aromatic heterocycles. The molecule has 6 nitrogen and oxygen atoms in total. The molecule has 24 heavy (non-hydrogen) atoms. The third-order valence-corrected chi connectivity index (χ3v) is 6.29. The standard InChI is InChI=1S/C17H23N3O3S/c1-5-15-18-10-14(20-15)16(21)19-13-8-6-12(7-9-13)11-24(22,23)17(2,3)4/h6-10H,5,11H2,1-4H3,(H,18,20)(H,19,21). The maximum Gasteiger partial charge on any atom is 0.273 e. The van der Waals surface area contributed by atoms with Crippen molar-refractivity contribution >= 4 is 21.4 Å². The summed E-state index contributed by atoms with van der Waals surface area (Å²) < 4.78 is 23.6. The molecule has 0 atom stereocenters. The molecular formula is C17H23N3O3S. The molecule has 2 aromatic rings. The minimum absolute atomic E-state index is 0.0227. The second kappa shape index (κ2) is 6.76. The van der Waals surface area contributed by atoms with Gasteiger partial charge in [-0.2, -0.15) is 0 Å². The summed E-state index contributed by atoms with van der Waals surface area (Å²) in [4.78, 5) is 19.1. The zero-order valence-corrected chi connectivity index (χ0v) is 15.2. The number of carbonyl (C=O) groups is 1. The first-order valence-electron chi connectivity index (χ1n) is 7.79. The van der Waals surface area contributed by atoms with Gasteiger partial charge in [-0.05, 0) is 38.5 Å². The molecule has 0 aliphatic heterocycles. The number of aryl methyl sites for hydroxylation is 1. The molecule has 1 aromatic carbocycles. The molecular weight excluding hydrogens is 326 g/mol. The smallest absolute Gasteiger partial charge is 0.273 e. The van der Waals surface area contributed by atoms with Crippen molar-refractivity contribution in [1.82, 2.24) is 9.97 Å². The Balaban J connectivity index is 2.06. The summed E-state index contributed by atoms with van der Waals surface area (Å²) in [5, 5.41) is 2.76. The molecule has 0 radical (unpaired) electrons. The number of hydrogen-bond donors (Lipinski definition) is 2. The Kier molecular flexibility index (Phi) is 5.13. The van der Waals surface area contributed by atoms with Gasteiger partial charge in [0.15, 0.2) is 9.84 Å². The normalized spacial score (nSPS) is 12.2. The van der Waals surface area contributed by atoms with Crippen LogP contribution in [0.4, 0.5) is 5.69 Å². The van der Waals surface area contributed by atoms with E-state index in [1.54, 1.807) is 45.0 Å². The van der Waals surface area contributed by atoms with Crippen LogP contribution in [-0.4, -0.2) is 29.0 Å². The van der Waals surface area contributed by atoms with Crippen LogP contribution in [0.15, 0.2) is 30.5 Å². The highest BCUT2D eigenvalue weighted by Gasteiger charge is 2.28. The van der Waals surface area contributed by atoms with Crippen LogP contribution in [0.1, 0.15) is 49.6 Å². The van der Waals surface area contributed by atoms with Crippen molar-refractivity contribution in [2.24, 2.45) is 0 Å². The van der Waals surface area contributed by atoms with Crippen LogP contribution in [-0.2, 0) is 22.0 Å². The summed E-state index contributed by atoms with van der Waals surface area (Å²) in [5.41, 5.74) is 1.69. The van der Waals surface area contributed by atoms with Crippen molar-refractivity contribution in [1.29, 1.82) is 0 Å². The van der Waals surface area contributed by atoms with Gasteiger partial charge in [0.1, 0.15) is 11.5 Å². The van der Waals surface area contributed by atoms with Gasteiger partial charge in [0.2, 0.25) is 0 Å². The van der Waals surface area contributed by atoms with Crippen LogP contribution in [0.5, 0.6) is 0 Å². The lowest BCUT2D eigenvalue weighted by atomic mass is 10.2. The lowest BCUT2D eigenvalue weighted by Crippen LogP contribution is -2.29. The number of aromatic amines is 1. The van der Waals surface area contributed by atoms with Gasteiger partial charge in [0.05, 0.1) is 16.7 Å². The van der Waals surface area contributed by atoms with Crippen molar-refractivity contribution in [2.75, 3.05) is 5.32 Å². The van der Waals surface area contributed by atoms with Crippen molar-refractivity contribution in [3.8, 4) is 0 Å². The predicted octanol–water partition coefficient (Wildman–Crippen LogP) is 2.94. The molecule has 0 saturated carbocycles. The molecule has 0 spiro atoms. The fourth-order valence-corrected chi connectivity index (χ4v) is 3.04. The number of hydrogen-bond acceptors (Lipinski definition) is 4. The molecule has 7 heteroatoms. The number of anilines is 1. The number of H-pyrrole nitrogens is 1. The number of aromatic nitrogens is 2. The zero-order chi connectivity index (χ0) is 18.0. The van der Waals surface area contributed by atoms with E-state index in [4.69, 9.17) is 0 Å². The second-order valence-corrected chi connectivity index (χ2v) is 9.36. The number of nitrogens with zero attached hydrogens (tertiary/aromatic N) is 1. The number of imidazole rings is 1. The third kappa shape index (κ3) is 4.23. The number of carbonyl (C=O) groups excluding carboxylic acids is 1. The van der Waals surface area contributed by atoms with Gasteiger partial charge >= 0.3 is 0 Å². The van der Waals surface area contributed by atoms with Gasteiger partial charge in [-0.3, -0.25) is 4.79 Å². The molecule has 0 aliphatic rings. The first-order chi connectivity index (χ1) is 11.1. The highest BCUT2D eigenvalue weighted by molar-refractivity contribution is 7.91.